The number of hydrogen-bond donors (Lipinski definition) is 1. The number of halogens is 3. The maximum atomic E-state index is 13.0. The molecule has 0 bridgehead atoms. The van der Waals surface area contributed by atoms with Crippen molar-refractivity contribution in [1.29, 1.82) is 0 Å². The molecule has 2 aromatic rings. The number of nitrogens with zero attached hydrogens (tertiary/aromatic N) is 2. The first-order valence-corrected chi connectivity index (χ1v) is 5.71. The predicted octanol–water partition coefficient (Wildman–Crippen LogP) is 4.85. The fraction of sp³-hybridized carbons (Fsp3) is 0. The van der Waals surface area contributed by atoms with Gasteiger partial charge in [-0.05, 0) is 28.1 Å². The normalized spacial score (nSPS) is 11.1. The summed E-state index contributed by atoms with van der Waals surface area (Å²) in [5.41, 5.74) is 0.518. The Labute approximate surface area is 110 Å². The Morgan fingerprint density at radius 3 is 2.22 bits per heavy atom. The molecule has 2 aromatic carbocycles. The molecule has 0 aliphatic heterocycles. The molecule has 0 fully saturated rings. The quantitative estimate of drug-likeness (QED) is 0.792. The zero-order chi connectivity index (χ0) is 13.1. The Bertz CT molecular complexity index is 594. The zero-order valence-corrected chi connectivity index (χ0v) is 10.5. The standard InChI is InChI=1S/C12H7BrF2N2O/c13-8-3-1-2-4-11(8)17-16-7-5-9(14)12(18)10(15)6-7/h1-6,18H. The van der Waals surface area contributed by atoms with Gasteiger partial charge in [0.2, 0.25) is 0 Å². The minimum atomic E-state index is -1.07. The van der Waals surface area contributed by atoms with Crippen molar-refractivity contribution in [2.24, 2.45) is 10.2 Å². The smallest absolute Gasteiger partial charge is 0.187 e. The van der Waals surface area contributed by atoms with Crippen LogP contribution in [0.15, 0.2) is 51.1 Å². The van der Waals surface area contributed by atoms with Gasteiger partial charge in [0.1, 0.15) is 0 Å². The Kier molecular flexibility index (Phi) is 3.66. The number of phenols is 1. The van der Waals surface area contributed by atoms with Gasteiger partial charge in [-0.1, -0.05) is 12.1 Å². The van der Waals surface area contributed by atoms with Crippen molar-refractivity contribution in [2.45, 2.75) is 0 Å². The van der Waals surface area contributed by atoms with E-state index >= 15 is 0 Å². The van der Waals surface area contributed by atoms with Crippen molar-refractivity contribution in [3.63, 3.8) is 0 Å². The first-order chi connectivity index (χ1) is 8.58. The highest BCUT2D eigenvalue weighted by Gasteiger charge is 2.09. The minimum absolute atomic E-state index is 0.0152. The van der Waals surface area contributed by atoms with Gasteiger partial charge in [0.25, 0.3) is 0 Å². The Hall–Kier alpha value is -1.82. The van der Waals surface area contributed by atoms with Crippen LogP contribution in [0.25, 0.3) is 0 Å². The fourth-order valence-electron chi connectivity index (χ4n) is 1.25. The van der Waals surface area contributed by atoms with Crippen LogP contribution in [0.5, 0.6) is 5.75 Å². The van der Waals surface area contributed by atoms with Gasteiger partial charge in [-0.15, -0.1) is 5.11 Å². The summed E-state index contributed by atoms with van der Waals surface area (Å²) in [7, 11) is 0. The number of benzene rings is 2. The van der Waals surface area contributed by atoms with E-state index in [4.69, 9.17) is 5.11 Å². The van der Waals surface area contributed by atoms with Crippen LogP contribution in [-0.2, 0) is 0 Å². The summed E-state index contributed by atoms with van der Waals surface area (Å²) >= 11 is 3.27. The van der Waals surface area contributed by atoms with Crippen molar-refractivity contribution in [3.05, 3.63) is 52.5 Å². The van der Waals surface area contributed by atoms with E-state index in [0.717, 1.165) is 12.1 Å². The molecule has 0 aliphatic rings. The molecule has 0 radical (unpaired) electrons. The lowest BCUT2D eigenvalue weighted by molar-refractivity contribution is 0.396. The van der Waals surface area contributed by atoms with Crippen LogP contribution < -0.4 is 0 Å². The lowest BCUT2D eigenvalue weighted by atomic mass is 10.3. The van der Waals surface area contributed by atoms with Gasteiger partial charge in [-0.2, -0.15) is 5.11 Å². The summed E-state index contributed by atoms with van der Waals surface area (Å²) in [6.07, 6.45) is 0. The molecule has 0 atom stereocenters. The largest absolute Gasteiger partial charge is 0.503 e. The molecule has 0 aliphatic carbocycles. The first-order valence-electron chi connectivity index (χ1n) is 4.92. The van der Waals surface area contributed by atoms with Gasteiger partial charge >= 0.3 is 0 Å². The molecule has 0 amide bonds. The molecule has 3 nitrogen and oxygen atoms in total. The zero-order valence-electron chi connectivity index (χ0n) is 8.94. The molecule has 0 spiro atoms. The maximum absolute atomic E-state index is 13.0. The van der Waals surface area contributed by atoms with E-state index in [1.165, 1.54) is 0 Å². The molecule has 0 aromatic heterocycles. The summed E-state index contributed by atoms with van der Waals surface area (Å²) < 4.78 is 26.8. The topological polar surface area (TPSA) is 45.0 Å². The number of phenolic OH excluding ortho intramolecular Hbond substituents is 1. The van der Waals surface area contributed by atoms with E-state index in [9.17, 15) is 8.78 Å². The van der Waals surface area contributed by atoms with E-state index in [2.05, 4.69) is 26.2 Å². The Morgan fingerprint density at radius 2 is 1.61 bits per heavy atom. The molecule has 0 saturated carbocycles. The summed E-state index contributed by atoms with van der Waals surface area (Å²) in [5.74, 6) is -3.16. The summed E-state index contributed by atoms with van der Waals surface area (Å²) in [4.78, 5) is 0. The van der Waals surface area contributed by atoms with Crippen LogP contribution in [-0.4, -0.2) is 5.11 Å². The lowest BCUT2D eigenvalue weighted by Crippen LogP contribution is -1.81. The van der Waals surface area contributed by atoms with E-state index in [1.807, 2.05) is 6.07 Å². The minimum Gasteiger partial charge on any atom is -0.503 e. The maximum Gasteiger partial charge on any atom is 0.187 e. The van der Waals surface area contributed by atoms with Crippen LogP contribution in [0.2, 0.25) is 0 Å². The summed E-state index contributed by atoms with van der Waals surface area (Å²) in [5, 5.41) is 16.5. The van der Waals surface area contributed by atoms with Crippen LogP contribution in [0.1, 0.15) is 0 Å². The van der Waals surface area contributed by atoms with Crippen LogP contribution in [0.3, 0.4) is 0 Å². The third kappa shape index (κ3) is 2.70. The average molecular weight is 313 g/mol. The second kappa shape index (κ2) is 5.22. The van der Waals surface area contributed by atoms with E-state index in [0.29, 0.717) is 10.2 Å². The van der Waals surface area contributed by atoms with Crippen molar-refractivity contribution in [3.8, 4) is 5.75 Å². The third-order valence-electron chi connectivity index (χ3n) is 2.13. The number of hydrogen-bond acceptors (Lipinski definition) is 3. The van der Waals surface area contributed by atoms with Gasteiger partial charge in [-0.3, -0.25) is 0 Å². The third-order valence-corrected chi connectivity index (χ3v) is 2.80. The fourth-order valence-corrected chi connectivity index (χ4v) is 1.62. The van der Waals surface area contributed by atoms with E-state index in [-0.39, 0.29) is 5.69 Å². The molecular weight excluding hydrogens is 306 g/mol. The first kappa shape index (κ1) is 12.6. The van der Waals surface area contributed by atoms with Gasteiger partial charge in [0.15, 0.2) is 17.4 Å². The number of rotatable bonds is 2. The molecule has 1 N–H and O–H groups in total. The van der Waals surface area contributed by atoms with E-state index in [1.54, 1.807) is 18.2 Å². The Morgan fingerprint density at radius 1 is 1.00 bits per heavy atom. The molecule has 18 heavy (non-hydrogen) atoms. The summed E-state index contributed by atoms with van der Waals surface area (Å²) in [6.45, 7) is 0. The van der Waals surface area contributed by atoms with Crippen LogP contribution >= 0.6 is 15.9 Å². The van der Waals surface area contributed by atoms with Gasteiger partial charge in [0.05, 0.1) is 11.4 Å². The molecular formula is C12H7BrF2N2O. The average Bonchev–Trinajstić information content (AvgIpc) is 2.35. The second-order valence-corrected chi connectivity index (χ2v) is 4.26. The highest BCUT2D eigenvalue weighted by Crippen LogP contribution is 2.29. The van der Waals surface area contributed by atoms with Crippen molar-refractivity contribution >= 4 is 27.3 Å². The monoisotopic (exact) mass is 312 g/mol. The molecule has 6 heteroatoms. The molecule has 92 valence electrons. The van der Waals surface area contributed by atoms with Crippen molar-refractivity contribution in [1.82, 2.24) is 0 Å². The molecule has 0 heterocycles. The summed E-state index contributed by atoms with van der Waals surface area (Å²) in [6, 6.07) is 8.84. The Balaban J connectivity index is 2.33. The van der Waals surface area contributed by atoms with Crippen molar-refractivity contribution < 1.29 is 13.9 Å². The molecule has 2 rings (SSSR count). The predicted molar refractivity (Wildman–Crippen MR) is 66.3 cm³/mol. The lowest BCUT2D eigenvalue weighted by Gasteiger charge is -1.99. The van der Waals surface area contributed by atoms with Gasteiger partial charge < -0.3 is 5.11 Å². The van der Waals surface area contributed by atoms with Gasteiger partial charge in [0, 0.05) is 16.6 Å². The SMILES string of the molecule is Oc1c(F)cc(N=Nc2ccccc2Br)cc1F. The van der Waals surface area contributed by atoms with Crippen LogP contribution in [0.4, 0.5) is 20.2 Å². The van der Waals surface area contributed by atoms with Crippen molar-refractivity contribution in [2.75, 3.05) is 0 Å². The molecule has 0 unspecified atom stereocenters. The molecule has 0 saturated heterocycles. The van der Waals surface area contributed by atoms with Gasteiger partial charge in [-0.25, -0.2) is 8.78 Å². The van der Waals surface area contributed by atoms with Crippen LogP contribution in [0, 0.1) is 11.6 Å². The highest BCUT2D eigenvalue weighted by molar-refractivity contribution is 9.10. The second-order valence-electron chi connectivity index (χ2n) is 3.41. The highest BCUT2D eigenvalue weighted by atomic mass is 79.9. The van der Waals surface area contributed by atoms with E-state index < -0.39 is 17.4 Å². The number of aromatic hydroxyl groups is 1. The number of azo groups is 1.